The molecule has 1 aromatic heterocycles. The van der Waals surface area contributed by atoms with Crippen LogP contribution in [0.4, 0.5) is 5.82 Å². The average Bonchev–Trinajstić information content (AvgIpc) is 2.26. The SMILES string of the molecule is CN(C)c1cc(C(=O)NC(C)(C)CC(=O)O)ccn1. The zero-order chi connectivity index (χ0) is 14.6. The van der Waals surface area contributed by atoms with Crippen molar-refractivity contribution in [2.24, 2.45) is 0 Å². The van der Waals surface area contributed by atoms with E-state index in [1.54, 1.807) is 37.1 Å². The van der Waals surface area contributed by atoms with E-state index in [0.29, 0.717) is 11.4 Å². The van der Waals surface area contributed by atoms with Gasteiger partial charge in [-0.05, 0) is 26.0 Å². The number of carboxylic acids is 1. The van der Waals surface area contributed by atoms with Gasteiger partial charge >= 0.3 is 5.97 Å². The van der Waals surface area contributed by atoms with Crippen LogP contribution in [0.2, 0.25) is 0 Å². The number of rotatable bonds is 5. The molecule has 6 heteroatoms. The van der Waals surface area contributed by atoms with Crippen LogP contribution in [0.5, 0.6) is 0 Å². The third-order valence-electron chi connectivity index (χ3n) is 2.51. The van der Waals surface area contributed by atoms with Gasteiger partial charge in [-0.3, -0.25) is 9.59 Å². The molecule has 0 saturated carbocycles. The monoisotopic (exact) mass is 265 g/mol. The quantitative estimate of drug-likeness (QED) is 0.834. The van der Waals surface area contributed by atoms with E-state index >= 15 is 0 Å². The van der Waals surface area contributed by atoms with E-state index in [4.69, 9.17) is 5.11 Å². The number of carboxylic acid groups (broad SMARTS) is 1. The Labute approximate surface area is 112 Å². The number of aromatic nitrogens is 1. The van der Waals surface area contributed by atoms with Gasteiger partial charge in [-0.15, -0.1) is 0 Å². The lowest BCUT2D eigenvalue weighted by molar-refractivity contribution is -0.138. The smallest absolute Gasteiger partial charge is 0.305 e. The van der Waals surface area contributed by atoms with Crippen LogP contribution in [0, 0.1) is 0 Å². The minimum atomic E-state index is -0.950. The molecular formula is C13H19N3O3. The second-order valence-corrected chi connectivity index (χ2v) is 5.21. The zero-order valence-corrected chi connectivity index (χ0v) is 11.6. The summed E-state index contributed by atoms with van der Waals surface area (Å²) in [5, 5.41) is 11.5. The summed E-state index contributed by atoms with van der Waals surface area (Å²) in [6.07, 6.45) is 1.42. The first-order valence-corrected chi connectivity index (χ1v) is 5.89. The van der Waals surface area contributed by atoms with Gasteiger partial charge in [0.2, 0.25) is 0 Å². The lowest BCUT2D eigenvalue weighted by Crippen LogP contribution is -2.45. The Balaban J connectivity index is 2.83. The van der Waals surface area contributed by atoms with Gasteiger partial charge < -0.3 is 15.3 Å². The van der Waals surface area contributed by atoms with Crippen LogP contribution in [0.15, 0.2) is 18.3 Å². The maximum absolute atomic E-state index is 12.1. The molecule has 1 rings (SSSR count). The second-order valence-electron chi connectivity index (χ2n) is 5.21. The van der Waals surface area contributed by atoms with Gasteiger partial charge in [0.05, 0.1) is 6.42 Å². The summed E-state index contributed by atoms with van der Waals surface area (Å²) in [6, 6.07) is 3.26. The van der Waals surface area contributed by atoms with E-state index in [1.165, 1.54) is 0 Å². The summed E-state index contributed by atoms with van der Waals surface area (Å²) in [4.78, 5) is 28.7. The number of nitrogens with one attached hydrogen (secondary N) is 1. The van der Waals surface area contributed by atoms with Crippen LogP contribution in [0.1, 0.15) is 30.6 Å². The molecule has 0 bridgehead atoms. The molecule has 19 heavy (non-hydrogen) atoms. The van der Waals surface area contributed by atoms with Crippen molar-refractivity contribution < 1.29 is 14.7 Å². The van der Waals surface area contributed by atoms with Crippen LogP contribution in [-0.4, -0.2) is 41.6 Å². The molecule has 0 fully saturated rings. The van der Waals surface area contributed by atoms with E-state index in [1.807, 2.05) is 14.1 Å². The lowest BCUT2D eigenvalue weighted by atomic mass is 10.0. The summed E-state index contributed by atoms with van der Waals surface area (Å²) < 4.78 is 0. The normalized spacial score (nSPS) is 10.9. The van der Waals surface area contributed by atoms with Crippen molar-refractivity contribution in [3.63, 3.8) is 0 Å². The number of nitrogens with zero attached hydrogens (tertiary/aromatic N) is 2. The summed E-state index contributed by atoms with van der Waals surface area (Å²) in [5.74, 6) is -0.588. The van der Waals surface area contributed by atoms with Crippen molar-refractivity contribution in [2.45, 2.75) is 25.8 Å². The zero-order valence-electron chi connectivity index (χ0n) is 11.6. The van der Waals surface area contributed by atoms with Crippen LogP contribution in [0.3, 0.4) is 0 Å². The van der Waals surface area contributed by atoms with Crippen molar-refractivity contribution in [3.05, 3.63) is 23.9 Å². The summed E-state index contributed by atoms with van der Waals surface area (Å²) in [7, 11) is 3.66. The Kier molecular flexibility index (Phi) is 4.47. The van der Waals surface area contributed by atoms with E-state index < -0.39 is 11.5 Å². The number of aliphatic carboxylic acids is 1. The van der Waals surface area contributed by atoms with Crippen molar-refractivity contribution in [1.82, 2.24) is 10.3 Å². The number of hydrogen-bond acceptors (Lipinski definition) is 4. The number of carbonyl (C=O) groups excluding carboxylic acids is 1. The molecule has 2 N–H and O–H groups in total. The highest BCUT2D eigenvalue weighted by molar-refractivity contribution is 5.95. The highest BCUT2D eigenvalue weighted by Gasteiger charge is 2.24. The van der Waals surface area contributed by atoms with Crippen LogP contribution in [-0.2, 0) is 4.79 Å². The first kappa shape index (κ1) is 14.9. The van der Waals surface area contributed by atoms with Gasteiger partial charge in [-0.25, -0.2) is 4.98 Å². The number of anilines is 1. The maximum atomic E-state index is 12.1. The Bertz CT molecular complexity index is 484. The van der Waals surface area contributed by atoms with E-state index in [-0.39, 0.29) is 12.3 Å². The minimum Gasteiger partial charge on any atom is -0.481 e. The molecule has 0 atom stereocenters. The molecular weight excluding hydrogens is 246 g/mol. The fourth-order valence-electron chi connectivity index (χ4n) is 1.61. The van der Waals surface area contributed by atoms with Gasteiger partial charge in [0.25, 0.3) is 5.91 Å². The molecule has 0 aliphatic carbocycles. The number of amides is 1. The highest BCUT2D eigenvalue weighted by atomic mass is 16.4. The van der Waals surface area contributed by atoms with E-state index in [2.05, 4.69) is 10.3 Å². The van der Waals surface area contributed by atoms with Crippen molar-refractivity contribution in [3.8, 4) is 0 Å². The van der Waals surface area contributed by atoms with Gasteiger partial charge in [0.1, 0.15) is 5.82 Å². The molecule has 0 saturated heterocycles. The summed E-state index contributed by atoms with van der Waals surface area (Å²) in [6.45, 7) is 3.35. The predicted octanol–water partition coefficient (Wildman–Crippen LogP) is 1.13. The van der Waals surface area contributed by atoms with Crippen molar-refractivity contribution in [2.75, 3.05) is 19.0 Å². The largest absolute Gasteiger partial charge is 0.481 e. The molecule has 104 valence electrons. The summed E-state index contributed by atoms with van der Waals surface area (Å²) in [5.41, 5.74) is -0.345. The Morgan fingerprint density at radius 1 is 1.42 bits per heavy atom. The Morgan fingerprint density at radius 3 is 2.58 bits per heavy atom. The van der Waals surface area contributed by atoms with Crippen molar-refractivity contribution >= 4 is 17.7 Å². The molecule has 0 spiro atoms. The Hall–Kier alpha value is -2.11. The molecule has 0 radical (unpaired) electrons. The van der Waals surface area contributed by atoms with Gasteiger partial charge in [0, 0.05) is 31.4 Å². The molecule has 0 unspecified atom stereocenters. The number of carbonyl (C=O) groups is 2. The third kappa shape index (κ3) is 4.57. The van der Waals surface area contributed by atoms with E-state index in [9.17, 15) is 9.59 Å². The van der Waals surface area contributed by atoms with E-state index in [0.717, 1.165) is 0 Å². The number of hydrogen-bond donors (Lipinski definition) is 2. The first-order valence-electron chi connectivity index (χ1n) is 5.89. The van der Waals surface area contributed by atoms with Crippen LogP contribution >= 0.6 is 0 Å². The third-order valence-corrected chi connectivity index (χ3v) is 2.51. The predicted molar refractivity (Wildman–Crippen MR) is 72.4 cm³/mol. The van der Waals surface area contributed by atoms with Gasteiger partial charge in [0.15, 0.2) is 0 Å². The second kappa shape index (κ2) is 5.69. The standard InChI is InChI=1S/C13H19N3O3/c1-13(2,8-11(17)18)15-12(19)9-5-6-14-10(7-9)16(3)4/h5-7H,8H2,1-4H3,(H,15,19)(H,17,18). The van der Waals surface area contributed by atoms with Crippen LogP contribution in [0.25, 0.3) is 0 Å². The molecule has 0 aliphatic heterocycles. The average molecular weight is 265 g/mol. The molecule has 1 aromatic rings. The fraction of sp³-hybridized carbons (Fsp3) is 0.462. The first-order chi connectivity index (χ1) is 8.71. The molecule has 0 aromatic carbocycles. The fourth-order valence-corrected chi connectivity index (χ4v) is 1.61. The molecule has 0 aliphatic rings. The molecule has 6 nitrogen and oxygen atoms in total. The molecule has 1 heterocycles. The summed E-state index contributed by atoms with van der Waals surface area (Å²) >= 11 is 0. The van der Waals surface area contributed by atoms with Gasteiger partial charge in [-0.1, -0.05) is 0 Å². The Morgan fingerprint density at radius 2 is 2.05 bits per heavy atom. The maximum Gasteiger partial charge on any atom is 0.305 e. The minimum absolute atomic E-state index is 0.135. The number of pyridine rings is 1. The van der Waals surface area contributed by atoms with Gasteiger partial charge in [-0.2, -0.15) is 0 Å². The van der Waals surface area contributed by atoms with Crippen LogP contribution < -0.4 is 10.2 Å². The molecule has 1 amide bonds. The van der Waals surface area contributed by atoms with Crippen molar-refractivity contribution in [1.29, 1.82) is 0 Å². The lowest BCUT2D eigenvalue weighted by Gasteiger charge is -2.24. The topological polar surface area (TPSA) is 82.5 Å². The highest BCUT2D eigenvalue weighted by Crippen LogP contribution is 2.13.